The van der Waals surface area contributed by atoms with Crippen LogP contribution >= 0.6 is 0 Å². The van der Waals surface area contributed by atoms with Gasteiger partial charge in [-0.2, -0.15) is 0 Å². The van der Waals surface area contributed by atoms with Crippen molar-refractivity contribution in [2.75, 3.05) is 24.7 Å². The molecule has 3 aromatic carbocycles. The number of nitrogens with zero attached hydrogens (tertiary/aromatic N) is 2. The highest BCUT2D eigenvalue weighted by atomic mass is 16.2. The number of benzene rings is 3. The molecule has 0 radical (unpaired) electrons. The first-order valence-corrected chi connectivity index (χ1v) is 11.2. The number of para-hydroxylation sites is 1. The lowest BCUT2D eigenvalue weighted by atomic mass is 9.84. The third-order valence-corrected chi connectivity index (χ3v) is 6.82. The number of hydrogen-bond donors (Lipinski definition) is 1. The summed E-state index contributed by atoms with van der Waals surface area (Å²) < 4.78 is 0. The Morgan fingerprint density at radius 1 is 0.781 bits per heavy atom. The van der Waals surface area contributed by atoms with Crippen molar-refractivity contribution in [2.24, 2.45) is 0 Å². The highest BCUT2D eigenvalue weighted by molar-refractivity contribution is 5.94. The van der Waals surface area contributed by atoms with Crippen molar-refractivity contribution in [1.29, 1.82) is 0 Å². The van der Waals surface area contributed by atoms with Gasteiger partial charge in [-0.25, -0.2) is 0 Å². The Hall–Kier alpha value is -3.60. The van der Waals surface area contributed by atoms with Crippen molar-refractivity contribution < 1.29 is 9.59 Å². The van der Waals surface area contributed by atoms with Crippen LogP contribution in [0.5, 0.6) is 0 Å². The molecule has 2 aliphatic rings. The van der Waals surface area contributed by atoms with Crippen molar-refractivity contribution in [1.82, 2.24) is 10.2 Å². The first-order chi connectivity index (χ1) is 15.7. The van der Waals surface area contributed by atoms with E-state index in [9.17, 15) is 9.59 Å². The average molecular weight is 426 g/mol. The standard InChI is InChI=1S/C27H27N3O2/c31-25(24(21-10-4-1-5-11-21)22-12-6-2-7-13-22)29-18-16-27(17-19-29)26(32)28-20-30(27)23-14-8-3-9-15-23/h1-15,24H,16-20H2,(H,28,32). The zero-order valence-electron chi connectivity index (χ0n) is 18.0. The van der Waals surface area contributed by atoms with Gasteiger partial charge in [0.05, 0.1) is 12.6 Å². The van der Waals surface area contributed by atoms with E-state index in [1.54, 1.807) is 0 Å². The smallest absolute Gasteiger partial charge is 0.247 e. The van der Waals surface area contributed by atoms with Gasteiger partial charge in [-0.05, 0) is 36.1 Å². The molecule has 2 amide bonds. The Kier molecular flexibility index (Phi) is 5.39. The van der Waals surface area contributed by atoms with E-state index in [0.29, 0.717) is 32.6 Å². The number of amides is 2. The number of nitrogens with one attached hydrogen (secondary N) is 1. The van der Waals surface area contributed by atoms with E-state index in [2.05, 4.69) is 10.2 Å². The molecule has 2 saturated heterocycles. The number of anilines is 1. The molecule has 0 unspecified atom stereocenters. The van der Waals surface area contributed by atoms with Crippen LogP contribution in [0.15, 0.2) is 91.0 Å². The molecule has 2 heterocycles. The first kappa shape index (κ1) is 20.3. The van der Waals surface area contributed by atoms with E-state index in [-0.39, 0.29) is 17.7 Å². The maximum absolute atomic E-state index is 13.7. The molecule has 0 bridgehead atoms. The zero-order chi connectivity index (χ0) is 22.0. The van der Waals surface area contributed by atoms with Gasteiger partial charge in [-0.1, -0.05) is 78.9 Å². The molecule has 3 aromatic rings. The van der Waals surface area contributed by atoms with E-state index < -0.39 is 5.54 Å². The van der Waals surface area contributed by atoms with Crippen molar-refractivity contribution in [2.45, 2.75) is 24.3 Å². The van der Waals surface area contributed by atoms with Crippen molar-refractivity contribution in [3.63, 3.8) is 0 Å². The van der Waals surface area contributed by atoms with Crippen LogP contribution in [0.3, 0.4) is 0 Å². The molecule has 32 heavy (non-hydrogen) atoms. The molecule has 2 fully saturated rings. The van der Waals surface area contributed by atoms with E-state index >= 15 is 0 Å². The normalized spacial score (nSPS) is 17.6. The summed E-state index contributed by atoms with van der Waals surface area (Å²) in [4.78, 5) is 30.8. The number of hydrogen-bond acceptors (Lipinski definition) is 3. The summed E-state index contributed by atoms with van der Waals surface area (Å²) >= 11 is 0. The van der Waals surface area contributed by atoms with Gasteiger partial charge in [-0.15, -0.1) is 0 Å². The van der Waals surface area contributed by atoms with Crippen LogP contribution in [0.1, 0.15) is 29.9 Å². The molecular weight excluding hydrogens is 398 g/mol. The number of carbonyl (C=O) groups excluding carboxylic acids is 2. The van der Waals surface area contributed by atoms with Crippen molar-refractivity contribution in [3.8, 4) is 0 Å². The molecule has 0 saturated carbocycles. The molecule has 162 valence electrons. The molecule has 0 aliphatic carbocycles. The quantitative estimate of drug-likeness (QED) is 0.692. The maximum Gasteiger partial charge on any atom is 0.247 e. The van der Waals surface area contributed by atoms with Crippen LogP contribution in [-0.2, 0) is 9.59 Å². The van der Waals surface area contributed by atoms with Gasteiger partial charge in [0.25, 0.3) is 0 Å². The molecule has 5 heteroatoms. The van der Waals surface area contributed by atoms with Gasteiger partial charge in [0.2, 0.25) is 11.8 Å². The number of piperidine rings is 1. The number of likely N-dealkylation sites (tertiary alicyclic amines) is 1. The van der Waals surface area contributed by atoms with Crippen LogP contribution in [0.4, 0.5) is 5.69 Å². The third-order valence-electron chi connectivity index (χ3n) is 6.82. The predicted octanol–water partition coefficient (Wildman–Crippen LogP) is 3.77. The summed E-state index contributed by atoms with van der Waals surface area (Å²) in [6, 6.07) is 30.0. The fraction of sp³-hybridized carbons (Fsp3) is 0.259. The Bertz CT molecular complexity index is 1040. The SMILES string of the molecule is O=C(C(c1ccccc1)c1ccccc1)N1CCC2(CC1)C(=O)NCN2c1ccccc1. The third kappa shape index (κ3) is 3.54. The predicted molar refractivity (Wildman–Crippen MR) is 125 cm³/mol. The molecule has 0 aromatic heterocycles. The van der Waals surface area contributed by atoms with Gasteiger partial charge in [0.15, 0.2) is 0 Å². The lowest BCUT2D eigenvalue weighted by Gasteiger charge is -2.44. The van der Waals surface area contributed by atoms with E-state index in [1.807, 2.05) is 95.9 Å². The van der Waals surface area contributed by atoms with Gasteiger partial charge in [0, 0.05) is 18.8 Å². The zero-order valence-corrected chi connectivity index (χ0v) is 18.0. The number of carbonyl (C=O) groups is 2. The first-order valence-electron chi connectivity index (χ1n) is 11.2. The Morgan fingerprint density at radius 2 is 1.28 bits per heavy atom. The van der Waals surface area contributed by atoms with Gasteiger partial charge >= 0.3 is 0 Å². The van der Waals surface area contributed by atoms with Crippen LogP contribution in [0, 0.1) is 0 Å². The molecule has 1 spiro atoms. The minimum atomic E-state index is -0.590. The van der Waals surface area contributed by atoms with Gasteiger partial charge in [0.1, 0.15) is 5.54 Å². The summed E-state index contributed by atoms with van der Waals surface area (Å²) in [6.45, 7) is 1.63. The molecule has 0 atom stereocenters. The second-order valence-corrected chi connectivity index (χ2v) is 8.54. The fourth-order valence-electron chi connectivity index (χ4n) is 5.08. The minimum Gasteiger partial charge on any atom is -0.342 e. The van der Waals surface area contributed by atoms with Crippen molar-refractivity contribution in [3.05, 3.63) is 102 Å². The van der Waals surface area contributed by atoms with Crippen LogP contribution in [0.2, 0.25) is 0 Å². The van der Waals surface area contributed by atoms with Crippen LogP contribution in [-0.4, -0.2) is 42.0 Å². The second-order valence-electron chi connectivity index (χ2n) is 8.54. The summed E-state index contributed by atoms with van der Waals surface area (Å²) in [5, 5.41) is 3.03. The molecule has 5 rings (SSSR count). The topological polar surface area (TPSA) is 52.7 Å². The summed E-state index contributed by atoms with van der Waals surface area (Å²) in [5.41, 5.74) is 2.44. The largest absolute Gasteiger partial charge is 0.342 e. The highest BCUT2D eigenvalue weighted by Crippen LogP contribution is 2.37. The van der Waals surface area contributed by atoms with Crippen LogP contribution in [0.25, 0.3) is 0 Å². The Labute approximate surface area is 188 Å². The molecule has 5 nitrogen and oxygen atoms in total. The maximum atomic E-state index is 13.7. The van der Waals surface area contributed by atoms with E-state index in [1.165, 1.54) is 0 Å². The van der Waals surface area contributed by atoms with E-state index in [0.717, 1.165) is 16.8 Å². The second kappa shape index (κ2) is 8.50. The van der Waals surface area contributed by atoms with Gasteiger partial charge in [-0.3, -0.25) is 9.59 Å². The Morgan fingerprint density at radius 3 is 1.81 bits per heavy atom. The van der Waals surface area contributed by atoms with Gasteiger partial charge < -0.3 is 15.1 Å². The highest BCUT2D eigenvalue weighted by Gasteiger charge is 2.51. The fourth-order valence-corrected chi connectivity index (χ4v) is 5.08. The summed E-state index contributed by atoms with van der Waals surface area (Å²) in [7, 11) is 0. The summed E-state index contributed by atoms with van der Waals surface area (Å²) in [6.07, 6.45) is 1.24. The monoisotopic (exact) mass is 425 g/mol. The molecule has 1 N–H and O–H groups in total. The molecular formula is C27H27N3O2. The lowest BCUT2D eigenvalue weighted by Crippen LogP contribution is -2.57. The average Bonchev–Trinajstić information content (AvgIpc) is 3.17. The molecule has 2 aliphatic heterocycles. The lowest BCUT2D eigenvalue weighted by molar-refractivity contribution is -0.135. The van der Waals surface area contributed by atoms with Crippen molar-refractivity contribution >= 4 is 17.5 Å². The van der Waals surface area contributed by atoms with E-state index in [4.69, 9.17) is 0 Å². The Balaban J connectivity index is 1.39. The number of rotatable bonds is 4. The van der Waals surface area contributed by atoms with Crippen LogP contribution < -0.4 is 10.2 Å². The summed E-state index contributed by atoms with van der Waals surface area (Å²) in [5.74, 6) is -0.174. The minimum absolute atomic E-state index is 0.0659.